The Morgan fingerprint density at radius 2 is 1.88 bits per heavy atom. The van der Waals surface area contributed by atoms with E-state index in [4.69, 9.17) is 4.55 Å². The molecule has 2 N–H and O–H groups in total. The lowest BCUT2D eigenvalue weighted by Gasteiger charge is -2.00. The van der Waals surface area contributed by atoms with Gasteiger partial charge in [-0.25, -0.2) is 5.43 Å². The van der Waals surface area contributed by atoms with Crippen LogP contribution in [0.3, 0.4) is 0 Å². The van der Waals surface area contributed by atoms with E-state index in [9.17, 15) is 13.2 Å². The Kier molecular flexibility index (Phi) is 2.49. The molecule has 0 unspecified atom stereocenters. The van der Waals surface area contributed by atoms with E-state index in [1.54, 1.807) is 0 Å². The van der Waals surface area contributed by atoms with Gasteiger partial charge in [-0.05, 0) is 17.7 Å². The van der Waals surface area contributed by atoms with Crippen molar-refractivity contribution in [2.45, 2.75) is 11.3 Å². The third-order valence-corrected chi connectivity index (χ3v) is 3.00. The Balaban J connectivity index is 2.30. The number of benzene rings is 1. The molecule has 0 atom stereocenters. The molecule has 0 radical (unpaired) electrons. The molecule has 0 saturated carbocycles. The van der Waals surface area contributed by atoms with Crippen molar-refractivity contribution < 1.29 is 17.8 Å². The SMILES string of the molecule is O=C1CC(c2ccc(S(=O)(=O)O)cc2)=NN1. The fourth-order valence-electron chi connectivity index (χ4n) is 1.35. The zero-order valence-electron chi connectivity index (χ0n) is 8.04. The molecule has 7 heteroatoms. The first-order valence-corrected chi connectivity index (χ1v) is 5.84. The quantitative estimate of drug-likeness (QED) is 0.719. The van der Waals surface area contributed by atoms with E-state index in [0.717, 1.165) is 0 Å². The first-order valence-electron chi connectivity index (χ1n) is 4.40. The standard InChI is InChI=1S/C9H8N2O4S/c12-9-5-8(10-11-9)6-1-3-7(4-2-6)16(13,14)15/h1-4H,5H2,(H,11,12)(H,13,14,15). The second-order valence-electron chi connectivity index (χ2n) is 3.27. The largest absolute Gasteiger partial charge is 0.294 e. The summed E-state index contributed by atoms with van der Waals surface area (Å²) in [4.78, 5) is 10.7. The van der Waals surface area contributed by atoms with Crippen LogP contribution in [0.25, 0.3) is 0 Å². The minimum Gasteiger partial charge on any atom is -0.282 e. The molecule has 0 aliphatic carbocycles. The van der Waals surface area contributed by atoms with Gasteiger partial charge in [-0.15, -0.1) is 0 Å². The molecular formula is C9H8N2O4S. The van der Waals surface area contributed by atoms with Crippen LogP contribution in [0.15, 0.2) is 34.3 Å². The Morgan fingerprint density at radius 1 is 1.25 bits per heavy atom. The molecule has 0 spiro atoms. The van der Waals surface area contributed by atoms with Gasteiger partial charge in [0.15, 0.2) is 0 Å². The molecule has 0 bridgehead atoms. The summed E-state index contributed by atoms with van der Waals surface area (Å²) in [7, 11) is -4.18. The summed E-state index contributed by atoms with van der Waals surface area (Å²) in [6.07, 6.45) is 0.172. The molecular weight excluding hydrogens is 232 g/mol. The summed E-state index contributed by atoms with van der Waals surface area (Å²) < 4.78 is 30.3. The minimum absolute atomic E-state index is 0.172. The van der Waals surface area contributed by atoms with Gasteiger partial charge < -0.3 is 0 Å². The lowest BCUT2D eigenvalue weighted by Crippen LogP contribution is -2.09. The average molecular weight is 240 g/mol. The van der Waals surface area contributed by atoms with Crippen LogP contribution in [0.2, 0.25) is 0 Å². The maximum absolute atomic E-state index is 10.9. The highest BCUT2D eigenvalue weighted by Crippen LogP contribution is 2.13. The zero-order chi connectivity index (χ0) is 11.8. The third kappa shape index (κ3) is 2.10. The summed E-state index contributed by atoms with van der Waals surface area (Å²) in [6.45, 7) is 0. The van der Waals surface area contributed by atoms with E-state index in [0.29, 0.717) is 11.3 Å². The monoisotopic (exact) mass is 240 g/mol. The number of hydrazone groups is 1. The molecule has 16 heavy (non-hydrogen) atoms. The lowest BCUT2D eigenvalue weighted by molar-refractivity contribution is -0.119. The molecule has 1 heterocycles. The molecule has 1 amide bonds. The second kappa shape index (κ2) is 3.69. The maximum Gasteiger partial charge on any atom is 0.294 e. The van der Waals surface area contributed by atoms with Gasteiger partial charge in [0.2, 0.25) is 5.91 Å². The van der Waals surface area contributed by atoms with Crippen LogP contribution in [0, 0.1) is 0 Å². The van der Waals surface area contributed by atoms with Gasteiger partial charge in [0.1, 0.15) is 0 Å². The van der Waals surface area contributed by atoms with Crippen molar-refractivity contribution in [1.82, 2.24) is 5.43 Å². The molecule has 0 saturated heterocycles. The number of hydrogen-bond donors (Lipinski definition) is 2. The molecule has 1 aromatic carbocycles. The van der Waals surface area contributed by atoms with Gasteiger partial charge in [0, 0.05) is 0 Å². The van der Waals surface area contributed by atoms with Crippen LogP contribution < -0.4 is 5.43 Å². The van der Waals surface area contributed by atoms with Crippen LogP contribution in [0.4, 0.5) is 0 Å². The Bertz CT molecular complexity index is 560. The molecule has 0 aromatic heterocycles. The number of carbonyl (C=O) groups is 1. The smallest absolute Gasteiger partial charge is 0.282 e. The number of hydrogen-bond acceptors (Lipinski definition) is 4. The molecule has 2 rings (SSSR count). The van der Waals surface area contributed by atoms with Gasteiger partial charge >= 0.3 is 0 Å². The molecule has 1 aromatic rings. The fraction of sp³-hybridized carbons (Fsp3) is 0.111. The minimum atomic E-state index is -4.18. The molecule has 84 valence electrons. The van der Waals surface area contributed by atoms with Gasteiger partial charge in [-0.1, -0.05) is 12.1 Å². The van der Waals surface area contributed by atoms with E-state index < -0.39 is 10.1 Å². The molecule has 1 aliphatic heterocycles. The summed E-state index contributed by atoms with van der Waals surface area (Å²) in [5, 5.41) is 3.78. The predicted octanol–water partition coefficient (Wildman–Crippen LogP) is 0.157. The average Bonchev–Trinajstić information content (AvgIpc) is 2.64. The molecule has 0 fully saturated rings. The van der Waals surface area contributed by atoms with Gasteiger partial charge in [-0.2, -0.15) is 13.5 Å². The van der Waals surface area contributed by atoms with Crippen LogP contribution in [0.5, 0.6) is 0 Å². The van der Waals surface area contributed by atoms with Crippen LogP contribution in [0.1, 0.15) is 12.0 Å². The van der Waals surface area contributed by atoms with Crippen molar-refractivity contribution in [2.75, 3.05) is 0 Å². The van der Waals surface area contributed by atoms with Crippen molar-refractivity contribution in [1.29, 1.82) is 0 Å². The zero-order valence-corrected chi connectivity index (χ0v) is 8.86. The van der Waals surface area contributed by atoms with Crippen LogP contribution in [-0.2, 0) is 14.9 Å². The van der Waals surface area contributed by atoms with Crippen LogP contribution in [-0.4, -0.2) is 24.6 Å². The highest BCUT2D eigenvalue weighted by atomic mass is 32.2. The molecule has 1 aliphatic rings. The van der Waals surface area contributed by atoms with Crippen molar-refractivity contribution in [3.05, 3.63) is 29.8 Å². The summed E-state index contributed by atoms with van der Waals surface area (Å²) in [6, 6.07) is 5.50. The first-order chi connectivity index (χ1) is 7.47. The van der Waals surface area contributed by atoms with Crippen molar-refractivity contribution in [3.8, 4) is 0 Å². The first kappa shape index (κ1) is 10.8. The lowest BCUT2D eigenvalue weighted by atomic mass is 10.1. The Morgan fingerprint density at radius 3 is 2.31 bits per heavy atom. The van der Waals surface area contributed by atoms with Crippen molar-refractivity contribution in [2.24, 2.45) is 5.10 Å². The Labute approximate surface area is 91.7 Å². The maximum atomic E-state index is 10.9. The summed E-state index contributed by atoms with van der Waals surface area (Å²) >= 11 is 0. The van der Waals surface area contributed by atoms with E-state index >= 15 is 0 Å². The van der Waals surface area contributed by atoms with E-state index in [-0.39, 0.29) is 17.2 Å². The van der Waals surface area contributed by atoms with E-state index in [1.807, 2.05) is 0 Å². The number of nitrogens with one attached hydrogen (secondary N) is 1. The van der Waals surface area contributed by atoms with Gasteiger partial charge in [0.25, 0.3) is 10.1 Å². The van der Waals surface area contributed by atoms with Crippen LogP contribution >= 0.6 is 0 Å². The number of carbonyl (C=O) groups excluding carboxylic acids is 1. The number of amides is 1. The third-order valence-electron chi connectivity index (χ3n) is 2.13. The topological polar surface area (TPSA) is 95.8 Å². The number of rotatable bonds is 2. The predicted molar refractivity (Wildman–Crippen MR) is 55.6 cm³/mol. The summed E-state index contributed by atoms with van der Waals surface area (Å²) in [5.74, 6) is -0.200. The van der Waals surface area contributed by atoms with Gasteiger partial charge in [0.05, 0.1) is 17.0 Å². The van der Waals surface area contributed by atoms with Crippen molar-refractivity contribution in [3.63, 3.8) is 0 Å². The van der Waals surface area contributed by atoms with Crippen molar-refractivity contribution >= 4 is 21.7 Å². The molecule has 6 nitrogen and oxygen atoms in total. The van der Waals surface area contributed by atoms with E-state index in [2.05, 4.69) is 10.5 Å². The summed E-state index contributed by atoms with van der Waals surface area (Å²) in [5.41, 5.74) is 3.49. The fourth-order valence-corrected chi connectivity index (χ4v) is 1.83. The highest BCUT2D eigenvalue weighted by molar-refractivity contribution is 7.85. The van der Waals surface area contributed by atoms with Gasteiger partial charge in [-0.3, -0.25) is 9.35 Å². The highest BCUT2D eigenvalue weighted by Gasteiger charge is 2.17. The second-order valence-corrected chi connectivity index (χ2v) is 4.69. The number of nitrogens with zero attached hydrogens (tertiary/aromatic N) is 1. The van der Waals surface area contributed by atoms with E-state index in [1.165, 1.54) is 24.3 Å². The Hall–Kier alpha value is -1.73. The normalized spacial score (nSPS) is 15.8.